The van der Waals surface area contributed by atoms with Crippen molar-refractivity contribution in [2.24, 2.45) is 5.41 Å². The van der Waals surface area contributed by atoms with Crippen LogP contribution in [0.15, 0.2) is 24.3 Å². The quantitative estimate of drug-likeness (QED) is 0.530. The van der Waals surface area contributed by atoms with Crippen LogP contribution in [0.4, 0.5) is 0 Å². The Balaban J connectivity index is 2.69. The number of hydrogen-bond donors (Lipinski definition) is 2. The molecule has 0 radical (unpaired) electrons. The van der Waals surface area contributed by atoms with Crippen molar-refractivity contribution in [1.29, 1.82) is 0 Å². The number of allylic oxidation sites excluding steroid dienone is 1. The van der Waals surface area contributed by atoms with Crippen LogP contribution in [0.5, 0.6) is 0 Å². The van der Waals surface area contributed by atoms with E-state index in [4.69, 9.17) is 0 Å². The average molecular weight is 138 g/mol. The van der Waals surface area contributed by atoms with Gasteiger partial charge in [-0.1, -0.05) is 27.4 Å². The van der Waals surface area contributed by atoms with Gasteiger partial charge in [0.15, 0.2) is 0 Å². The first-order valence-corrected chi connectivity index (χ1v) is 3.43. The van der Waals surface area contributed by atoms with Crippen molar-refractivity contribution in [2.75, 3.05) is 0 Å². The minimum absolute atomic E-state index is 0.187. The van der Waals surface area contributed by atoms with Crippen LogP contribution in [0.2, 0.25) is 0 Å². The SMILES string of the molecule is C=C1NC=C(C(C)(C)C)N1. The van der Waals surface area contributed by atoms with E-state index in [1.165, 1.54) is 5.70 Å². The van der Waals surface area contributed by atoms with E-state index >= 15 is 0 Å². The first kappa shape index (κ1) is 7.19. The smallest absolute Gasteiger partial charge is 0.0995 e. The molecule has 56 valence electrons. The van der Waals surface area contributed by atoms with E-state index < -0.39 is 0 Å². The highest BCUT2D eigenvalue weighted by molar-refractivity contribution is 5.21. The van der Waals surface area contributed by atoms with Gasteiger partial charge in [0.05, 0.1) is 5.82 Å². The molecule has 0 saturated heterocycles. The van der Waals surface area contributed by atoms with Gasteiger partial charge >= 0.3 is 0 Å². The molecule has 2 heteroatoms. The molecule has 0 aromatic carbocycles. The van der Waals surface area contributed by atoms with E-state index in [9.17, 15) is 0 Å². The molecule has 0 atom stereocenters. The van der Waals surface area contributed by atoms with E-state index in [0.717, 1.165) is 5.82 Å². The minimum Gasteiger partial charge on any atom is -0.347 e. The fourth-order valence-corrected chi connectivity index (χ4v) is 0.798. The van der Waals surface area contributed by atoms with Crippen LogP contribution in [0.3, 0.4) is 0 Å². The van der Waals surface area contributed by atoms with Gasteiger partial charge in [-0.2, -0.15) is 0 Å². The fourth-order valence-electron chi connectivity index (χ4n) is 0.798. The molecular weight excluding hydrogens is 124 g/mol. The van der Waals surface area contributed by atoms with Crippen molar-refractivity contribution in [1.82, 2.24) is 10.6 Å². The highest BCUT2D eigenvalue weighted by atomic mass is 15.1. The third-order valence-corrected chi connectivity index (χ3v) is 1.48. The molecule has 0 amide bonds. The van der Waals surface area contributed by atoms with Gasteiger partial charge in [-0.15, -0.1) is 0 Å². The zero-order valence-electron chi connectivity index (χ0n) is 6.78. The van der Waals surface area contributed by atoms with Crippen molar-refractivity contribution in [3.8, 4) is 0 Å². The maximum atomic E-state index is 3.74. The van der Waals surface area contributed by atoms with Crippen molar-refractivity contribution >= 4 is 0 Å². The highest BCUT2D eigenvalue weighted by Crippen LogP contribution is 2.24. The minimum atomic E-state index is 0.187. The summed E-state index contributed by atoms with van der Waals surface area (Å²) in [5, 5.41) is 6.16. The lowest BCUT2D eigenvalue weighted by Crippen LogP contribution is -2.20. The van der Waals surface area contributed by atoms with Crippen molar-refractivity contribution in [3.05, 3.63) is 24.3 Å². The van der Waals surface area contributed by atoms with Crippen LogP contribution in [-0.4, -0.2) is 0 Å². The summed E-state index contributed by atoms with van der Waals surface area (Å²) in [6.07, 6.45) is 1.96. The lowest BCUT2D eigenvalue weighted by Gasteiger charge is -2.19. The predicted octanol–water partition coefficient (Wildman–Crippen LogP) is 1.54. The zero-order valence-corrected chi connectivity index (χ0v) is 6.78. The maximum Gasteiger partial charge on any atom is 0.0995 e. The summed E-state index contributed by atoms with van der Waals surface area (Å²) in [6.45, 7) is 10.2. The molecular formula is C8H14N2. The molecule has 2 nitrogen and oxygen atoms in total. The summed E-state index contributed by atoms with van der Waals surface area (Å²) in [5.41, 5.74) is 1.38. The van der Waals surface area contributed by atoms with E-state index in [0.29, 0.717) is 0 Å². The van der Waals surface area contributed by atoms with Gasteiger partial charge in [0.1, 0.15) is 0 Å². The molecule has 0 aromatic heterocycles. The van der Waals surface area contributed by atoms with Crippen molar-refractivity contribution in [2.45, 2.75) is 20.8 Å². The van der Waals surface area contributed by atoms with Crippen LogP contribution < -0.4 is 10.6 Å². The van der Waals surface area contributed by atoms with Crippen LogP contribution >= 0.6 is 0 Å². The second-order valence-electron chi connectivity index (χ2n) is 3.56. The van der Waals surface area contributed by atoms with Gasteiger partial charge in [-0.05, 0) is 0 Å². The van der Waals surface area contributed by atoms with Gasteiger partial charge in [0, 0.05) is 17.3 Å². The molecule has 0 aliphatic carbocycles. The summed E-state index contributed by atoms with van der Waals surface area (Å²) >= 11 is 0. The van der Waals surface area contributed by atoms with Crippen LogP contribution in [-0.2, 0) is 0 Å². The van der Waals surface area contributed by atoms with E-state index in [-0.39, 0.29) is 5.41 Å². The van der Waals surface area contributed by atoms with Crippen molar-refractivity contribution in [3.63, 3.8) is 0 Å². The number of hydrogen-bond acceptors (Lipinski definition) is 2. The topological polar surface area (TPSA) is 24.1 Å². The molecule has 10 heavy (non-hydrogen) atoms. The van der Waals surface area contributed by atoms with E-state index in [2.05, 4.69) is 38.0 Å². The largest absolute Gasteiger partial charge is 0.347 e. The zero-order chi connectivity index (χ0) is 7.78. The molecule has 1 rings (SSSR count). The fraction of sp³-hybridized carbons (Fsp3) is 0.500. The van der Waals surface area contributed by atoms with Gasteiger partial charge in [0.2, 0.25) is 0 Å². The predicted molar refractivity (Wildman–Crippen MR) is 42.9 cm³/mol. The monoisotopic (exact) mass is 138 g/mol. The molecule has 0 aromatic rings. The van der Waals surface area contributed by atoms with E-state index in [1.54, 1.807) is 0 Å². The van der Waals surface area contributed by atoms with Crippen LogP contribution in [0.25, 0.3) is 0 Å². The molecule has 0 spiro atoms. The van der Waals surface area contributed by atoms with Gasteiger partial charge in [-0.3, -0.25) is 0 Å². The van der Waals surface area contributed by atoms with E-state index in [1.807, 2.05) is 6.20 Å². The van der Waals surface area contributed by atoms with Gasteiger partial charge in [-0.25, -0.2) is 0 Å². The second-order valence-corrected chi connectivity index (χ2v) is 3.56. The summed E-state index contributed by atoms with van der Waals surface area (Å²) < 4.78 is 0. The standard InChI is InChI=1S/C8H14N2/c1-6-9-5-7(10-6)8(2,3)4/h5,9-10H,1H2,2-4H3. The van der Waals surface area contributed by atoms with Crippen LogP contribution in [0.1, 0.15) is 20.8 Å². The second kappa shape index (κ2) is 2.04. The Hall–Kier alpha value is -0.920. The number of nitrogens with one attached hydrogen (secondary N) is 2. The third-order valence-electron chi connectivity index (χ3n) is 1.48. The Kier molecular flexibility index (Phi) is 1.47. The molecule has 0 saturated carbocycles. The summed E-state index contributed by atoms with van der Waals surface area (Å²) in [6, 6.07) is 0. The Morgan fingerprint density at radius 1 is 1.40 bits per heavy atom. The Bertz CT molecular complexity index is 184. The molecule has 0 fully saturated rings. The molecule has 2 N–H and O–H groups in total. The Morgan fingerprint density at radius 3 is 2.20 bits per heavy atom. The molecule has 1 aliphatic heterocycles. The lowest BCUT2D eigenvalue weighted by atomic mass is 9.93. The number of rotatable bonds is 0. The maximum absolute atomic E-state index is 3.74. The first-order valence-electron chi connectivity index (χ1n) is 3.43. The molecule has 1 aliphatic rings. The summed E-state index contributed by atoms with van der Waals surface area (Å²) in [4.78, 5) is 0. The third kappa shape index (κ3) is 1.32. The Labute approximate surface area is 62.0 Å². The molecule has 0 unspecified atom stereocenters. The van der Waals surface area contributed by atoms with Gasteiger partial charge < -0.3 is 10.6 Å². The molecule has 0 bridgehead atoms. The normalized spacial score (nSPS) is 17.9. The summed E-state index contributed by atoms with van der Waals surface area (Å²) in [7, 11) is 0. The van der Waals surface area contributed by atoms with Crippen molar-refractivity contribution < 1.29 is 0 Å². The Morgan fingerprint density at radius 2 is 2.00 bits per heavy atom. The highest BCUT2D eigenvalue weighted by Gasteiger charge is 2.20. The van der Waals surface area contributed by atoms with Crippen LogP contribution in [0, 0.1) is 5.41 Å². The van der Waals surface area contributed by atoms with Gasteiger partial charge in [0.25, 0.3) is 0 Å². The lowest BCUT2D eigenvalue weighted by molar-refractivity contribution is 0.481. The average Bonchev–Trinajstić information content (AvgIpc) is 2.11. The first-order chi connectivity index (χ1) is 4.50. The summed E-state index contributed by atoms with van der Waals surface area (Å²) in [5.74, 6) is 0.866. The molecule has 1 heterocycles.